The highest BCUT2D eigenvalue weighted by atomic mass is 16.4. The Morgan fingerprint density at radius 3 is 2.78 bits per heavy atom. The fraction of sp³-hybridized carbons (Fsp3) is 0.429. The second kappa shape index (κ2) is 5.78. The SMILES string of the molecule is CNCCCc1nnc(-c2ccc(C)cc2C)o1. The van der Waals surface area contributed by atoms with Crippen LogP contribution in [0.1, 0.15) is 23.4 Å². The number of benzene rings is 1. The van der Waals surface area contributed by atoms with Crippen molar-refractivity contribution < 1.29 is 4.42 Å². The first kappa shape index (κ1) is 12.8. The number of hydrogen-bond donors (Lipinski definition) is 1. The second-order valence-corrected chi connectivity index (χ2v) is 4.53. The van der Waals surface area contributed by atoms with Gasteiger partial charge in [0.1, 0.15) is 0 Å². The van der Waals surface area contributed by atoms with Crippen molar-refractivity contribution in [1.82, 2.24) is 15.5 Å². The first-order valence-electron chi connectivity index (χ1n) is 6.25. The van der Waals surface area contributed by atoms with Crippen LogP contribution in [0.3, 0.4) is 0 Å². The van der Waals surface area contributed by atoms with Gasteiger partial charge in [-0.1, -0.05) is 17.7 Å². The number of nitrogens with one attached hydrogen (secondary N) is 1. The van der Waals surface area contributed by atoms with Crippen LogP contribution in [0.5, 0.6) is 0 Å². The summed E-state index contributed by atoms with van der Waals surface area (Å²) >= 11 is 0. The smallest absolute Gasteiger partial charge is 0.247 e. The maximum absolute atomic E-state index is 5.69. The molecule has 1 aromatic carbocycles. The fourth-order valence-corrected chi connectivity index (χ4v) is 1.93. The van der Waals surface area contributed by atoms with E-state index in [1.54, 1.807) is 0 Å². The normalized spacial score (nSPS) is 10.8. The summed E-state index contributed by atoms with van der Waals surface area (Å²) in [6, 6.07) is 6.23. The molecule has 1 heterocycles. The summed E-state index contributed by atoms with van der Waals surface area (Å²) in [5.74, 6) is 1.33. The number of rotatable bonds is 5. The molecule has 0 fully saturated rings. The maximum atomic E-state index is 5.69. The molecule has 0 aliphatic rings. The zero-order valence-electron chi connectivity index (χ0n) is 11.2. The number of hydrogen-bond acceptors (Lipinski definition) is 4. The van der Waals surface area contributed by atoms with Gasteiger partial charge in [-0.3, -0.25) is 0 Å². The summed E-state index contributed by atoms with van der Waals surface area (Å²) in [6.07, 6.45) is 1.82. The van der Waals surface area contributed by atoms with Gasteiger partial charge in [0.2, 0.25) is 11.8 Å². The maximum Gasteiger partial charge on any atom is 0.247 e. The molecule has 2 aromatic rings. The molecule has 0 aliphatic heterocycles. The molecule has 18 heavy (non-hydrogen) atoms. The molecule has 0 saturated carbocycles. The Balaban J connectivity index is 2.13. The van der Waals surface area contributed by atoms with E-state index in [2.05, 4.69) is 41.5 Å². The lowest BCUT2D eigenvalue weighted by Gasteiger charge is -2.01. The quantitative estimate of drug-likeness (QED) is 0.822. The standard InChI is InChI=1S/C14H19N3O/c1-10-6-7-12(11(2)9-10)14-17-16-13(18-14)5-4-8-15-3/h6-7,9,15H,4-5,8H2,1-3H3. The summed E-state index contributed by atoms with van der Waals surface area (Å²) in [5, 5.41) is 11.3. The Kier molecular flexibility index (Phi) is 4.10. The third kappa shape index (κ3) is 2.96. The minimum Gasteiger partial charge on any atom is -0.421 e. The molecule has 96 valence electrons. The molecule has 1 aromatic heterocycles. The third-order valence-corrected chi connectivity index (χ3v) is 2.90. The first-order valence-corrected chi connectivity index (χ1v) is 6.25. The largest absolute Gasteiger partial charge is 0.421 e. The summed E-state index contributed by atoms with van der Waals surface area (Å²) < 4.78 is 5.69. The van der Waals surface area contributed by atoms with E-state index >= 15 is 0 Å². The molecular formula is C14H19N3O. The minimum atomic E-state index is 0.618. The van der Waals surface area contributed by atoms with Crippen molar-refractivity contribution >= 4 is 0 Å². The van der Waals surface area contributed by atoms with Crippen molar-refractivity contribution in [1.29, 1.82) is 0 Å². The van der Waals surface area contributed by atoms with Gasteiger partial charge in [-0.15, -0.1) is 10.2 Å². The lowest BCUT2D eigenvalue weighted by Crippen LogP contribution is -2.08. The highest BCUT2D eigenvalue weighted by Gasteiger charge is 2.10. The Bertz CT molecular complexity index is 520. The highest BCUT2D eigenvalue weighted by Crippen LogP contribution is 2.23. The van der Waals surface area contributed by atoms with Crippen LogP contribution < -0.4 is 5.32 Å². The predicted octanol–water partition coefficient (Wildman–Crippen LogP) is 2.51. The van der Waals surface area contributed by atoms with Crippen molar-refractivity contribution in [3.63, 3.8) is 0 Å². The van der Waals surface area contributed by atoms with Gasteiger partial charge in [-0.25, -0.2) is 0 Å². The summed E-state index contributed by atoms with van der Waals surface area (Å²) in [4.78, 5) is 0. The van der Waals surface area contributed by atoms with E-state index in [0.29, 0.717) is 11.8 Å². The zero-order chi connectivity index (χ0) is 13.0. The van der Waals surface area contributed by atoms with Crippen LogP contribution >= 0.6 is 0 Å². The van der Waals surface area contributed by atoms with Crippen LogP contribution in [0.2, 0.25) is 0 Å². The van der Waals surface area contributed by atoms with Crippen molar-refractivity contribution in [3.05, 3.63) is 35.2 Å². The monoisotopic (exact) mass is 245 g/mol. The molecule has 0 saturated heterocycles. The van der Waals surface area contributed by atoms with Crippen LogP contribution in [0.25, 0.3) is 11.5 Å². The lowest BCUT2D eigenvalue weighted by atomic mass is 10.1. The van der Waals surface area contributed by atoms with Crippen LogP contribution in [-0.2, 0) is 6.42 Å². The van der Waals surface area contributed by atoms with Gasteiger partial charge in [-0.05, 0) is 45.5 Å². The molecular weight excluding hydrogens is 226 g/mol. The molecule has 0 spiro atoms. The molecule has 1 N–H and O–H groups in total. The molecule has 0 atom stereocenters. The molecule has 0 amide bonds. The topological polar surface area (TPSA) is 51.0 Å². The van der Waals surface area contributed by atoms with Crippen LogP contribution in [0.15, 0.2) is 22.6 Å². The van der Waals surface area contributed by atoms with Crippen molar-refractivity contribution in [2.24, 2.45) is 0 Å². The van der Waals surface area contributed by atoms with Crippen LogP contribution in [0, 0.1) is 13.8 Å². The summed E-state index contributed by atoms with van der Waals surface area (Å²) in [7, 11) is 1.94. The van der Waals surface area contributed by atoms with Crippen LogP contribution in [0.4, 0.5) is 0 Å². The van der Waals surface area contributed by atoms with Gasteiger partial charge in [-0.2, -0.15) is 0 Å². The van der Waals surface area contributed by atoms with E-state index < -0.39 is 0 Å². The summed E-state index contributed by atoms with van der Waals surface area (Å²) in [5.41, 5.74) is 3.43. The molecule has 2 rings (SSSR count). The molecule has 4 nitrogen and oxygen atoms in total. The molecule has 0 bridgehead atoms. The van der Waals surface area contributed by atoms with Crippen molar-refractivity contribution in [2.45, 2.75) is 26.7 Å². The molecule has 0 aliphatic carbocycles. The Morgan fingerprint density at radius 2 is 2.06 bits per heavy atom. The van der Waals surface area contributed by atoms with Gasteiger partial charge >= 0.3 is 0 Å². The number of aromatic nitrogens is 2. The van der Waals surface area contributed by atoms with E-state index in [-0.39, 0.29) is 0 Å². The van der Waals surface area contributed by atoms with Gasteiger partial charge in [0.05, 0.1) is 0 Å². The lowest BCUT2D eigenvalue weighted by molar-refractivity contribution is 0.494. The fourth-order valence-electron chi connectivity index (χ4n) is 1.93. The van der Waals surface area contributed by atoms with E-state index in [1.165, 1.54) is 11.1 Å². The van der Waals surface area contributed by atoms with Gasteiger partial charge in [0.15, 0.2) is 0 Å². The average molecular weight is 245 g/mol. The van der Waals surface area contributed by atoms with Crippen LogP contribution in [-0.4, -0.2) is 23.8 Å². The van der Waals surface area contributed by atoms with E-state index in [0.717, 1.165) is 24.9 Å². The number of aryl methyl sites for hydroxylation is 3. The van der Waals surface area contributed by atoms with Gasteiger partial charge in [0.25, 0.3) is 0 Å². The third-order valence-electron chi connectivity index (χ3n) is 2.90. The van der Waals surface area contributed by atoms with E-state index in [1.807, 2.05) is 13.1 Å². The zero-order valence-corrected chi connectivity index (χ0v) is 11.2. The first-order chi connectivity index (χ1) is 8.70. The molecule has 0 unspecified atom stereocenters. The Labute approximate surface area is 107 Å². The average Bonchev–Trinajstić information content (AvgIpc) is 2.78. The van der Waals surface area contributed by atoms with E-state index in [4.69, 9.17) is 4.42 Å². The molecule has 4 heteroatoms. The minimum absolute atomic E-state index is 0.618. The molecule has 0 radical (unpaired) electrons. The highest BCUT2D eigenvalue weighted by molar-refractivity contribution is 5.58. The van der Waals surface area contributed by atoms with Crippen molar-refractivity contribution in [3.8, 4) is 11.5 Å². The van der Waals surface area contributed by atoms with Gasteiger partial charge in [0, 0.05) is 12.0 Å². The Hall–Kier alpha value is -1.68. The second-order valence-electron chi connectivity index (χ2n) is 4.53. The predicted molar refractivity (Wildman–Crippen MR) is 71.5 cm³/mol. The van der Waals surface area contributed by atoms with Crippen molar-refractivity contribution in [2.75, 3.05) is 13.6 Å². The number of nitrogens with zero attached hydrogens (tertiary/aromatic N) is 2. The van der Waals surface area contributed by atoms with Gasteiger partial charge < -0.3 is 9.73 Å². The van der Waals surface area contributed by atoms with E-state index in [9.17, 15) is 0 Å². The Morgan fingerprint density at radius 1 is 1.22 bits per heavy atom. The summed E-state index contributed by atoms with van der Waals surface area (Å²) in [6.45, 7) is 5.10.